The molecule has 1 amide bonds. The first-order chi connectivity index (χ1) is 16.6. The van der Waals surface area contributed by atoms with Gasteiger partial charge in [0.25, 0.3) is 0 Å². The van der Waals surface area contributed by atoms with E-state index < -0.39 is 24.2 Å². The van der Waals surface area contributed by atoms with Gasteiger partial charge in [-0.25, -0.2) is 4.79 Å². The van der Waals surface area contributed by atoms with Crippen molar-refractivity contribution in [1.82, 2.24) is 5.32 Å². The van der Waals surface area contributed by atoms with Gasteiger partial charge in [0, 0.05) is 10.9 Å². The van der Waals surface area contributed by atoms with Gasteiger partial charge >= 0.3 is 11.9 Å². The van der Waals surface area contributed by atoms with Crippen molar-refractivity contribution in [3.63, 3.8) is 0 Å². The molecule has 1 atom stereocenters. The third-order valence-corrected chi connectivity index (χ3v) is 6.59. The molecule has 1 N–H and O–H groups in total. The lowest BCUT2D eigenvalue weighted by Crippen LogP contribution is -2.48. The van der Waals surface area contributed by atoms with E-state index in [0.717, 1.165) is 27.8 Å². The lowest BCUT2D eigenvalue weighted by atomic mass is 9.98. The van der Waals surface area contributed by atoms with Crippen molar-refractivity contribution >= 4 is 23.5 Å². The fourth-order valence-corrected chi connectivity index (χ4v) is 4.83. The molecule has 1 aliphatic heterocycles. The fourth-order valence-electron chi connectivity index (χ4n) is 4.62. The number of ether oxygens (including phenoxy) is 3. The summed E-state index contributed by atoms with van der Waals surface area (Å²) in [5.74, 6) is -1.90. The van der Waals surface area contributed by atoms with Gasteiger partial charge in [0.2, 0.25) is 0 Å². The number of nitrogens with one attached hydrogen (secondary N) is 1. The number of carbonyl (C=O) groups excluding carboxylic acids is 2. The molecule has 3 aromatic rings. The predicted molar refractivity (Wildman–Crippen MR) is 127 cm³/mol. The second-order valence-electron chi connectivity index (χ2n) is 8.31. The van der Waals surface area contributed by atoms with Crippen molar-refractivity contribution in [3.05, 3.63) is 94.5 Å². The van der Waals surface area contributed by atoms with Gasteiger partial charge < -0.3 is 19.5 Å². The first-order valence-electron chi connectivity index (χ1n) is 11.2. The minimum absolute atomic E-state index is 0.0753. The zero-order chi connectivity index (χ0) is 23.5. The van der Waals surface area contributed by atoms with Gasteiger partial charge in [-0.2, -0.15) is 0 Å². The second-order valence-corrected chi connectivity index (χ2v) is 8.72. The summed E-state index contributed by atoms with van der Waals surface area (Å²) in [6.45, 7) is 0.918. The Balaban J connectivity index is 1.26. The maximum Gasteiger partial charge on any atom is 0.396 e. The molecule has 1 aliphatic carbocycles. The third kappa shape index (κ3) is 4.57. The standard InChI is InChI=1S/C27H24ClNO5/c28-23-12-6-1-7-17(23)15-24(27-32-13-14-33-27)29-25(30)26(31)34-16-22-20-10-4-2-8-18(20)19-9-3-5-11-21(19)22/h1-12,22,24,27H,13-16H2,(H,29,30)/t24-/m0/s1. The number of halogens is 1. The van der Waals surface area contributed by atoms with E-state index in [-0.39, 0.29) is 12.5 Å². The van der Waals surface area contributed by atoms with Crippen LogP contribution in [0.4, 0.5) is 0 Å². The quantitative estimate of drug-likeness (QED) is 0.427. The van der Waals surface area contributed by atoms with E-state index in [9.17, 15) is 9.59 Å². The molecule has 1 heterocycles. The Morgan fingerprint density at radius 2 is 1.50 bits per heavy atom. The number of carbonyl (C=O) groups is 2. The van der Waals surface area contributed by atoms with Gasteiger partial charge in [0.05, 0.1) is 19.3 Å². The molecular weight excluding hydrogens is 454 g/mol. The third-order valence-electron chi connectivity index (χ3n) is 6.22. The van der Waals surface area contributed by atoms with Crippen molar-refractivity contribution in [3.8, 4) is 11.1 Å². The van der Waals surface area contributed by atoms with Gasteiger partial charge in [0.1, 0.15) is 6.61 Å². The maximum absolute atomic E-state index is 12.8. The van der Waals surface area contributed by atoms with Crippen LogP contribution >= 0.6 is 11.6 Å². The van der Waals surface area contributed by atoms with Crippen LogP contribution in [-0.4, -0.2) is 44.0 Å². The molecule has 3 aromatic carbocycles. The van der Waals surface area contributed by atoms with Crippen molar-refractivity contribution in [2.24, 2.45) is 0 Å². The maximum atomic E-state index is 12.8. The average Bonchev–Trinajstić information content (AvgIpc) is 3.50. The van der Waals surface area contributed by atoms with Crippen LogP contribution in [0.2, 0.25) is 5.02 Å². The van der Waals surface area contributed by atoms with Crippen molar-refractivity contribution in [2.75, 3.05) is 19.8 Å². The lowest BCUT2D eigenvalue weighted by Gasteiger charge is -2.23. The summed E-state index contributed by atoms with van der Waals surface area (Å²) < 4.78 is 16.7. The molecule has 1 saturated heterocycles. The zero-order valence-corrected chi connectivity index (χ0v) is 19.2. The molecule has 0 aromatic heterocycles. The SMILES string of the molecule is O=C(N[C@@H](Cc1ccccc1Cl)C1OCCO1)C(=O)OCC1c2ccccc2-c2ccccc21. The summed E-state index contributed by atoms with van der Waals surface area (Å²) >= 11 is 6.29. The average molecular weight is 478 g/mol. The molecule has 6 nitrogen and oxygen atoms in total. The Morgan fingerprint density at radius 1 is 0.912 bits per heavy atom. The highest BCUT2D eigenvalue weighted by Gasteiger charge is 2.33. The number of esters is 1. The highest BCUT2D eigenvalue weighted by atomic mass is 35.5. The summed E-state index contributed by atoms with van der Waals surface area (Å²) in [5.41, 5.74) is 5.24. The molecule has 0 radical (unpaired) electrons. The Hall–Kier alpha value is -3.19. The van der Waals surface area contributed by atoms with Gasteiger partial charge in [-0.3, -0.25) is 4.79 Å². The van der Waals surface area contributed by atoms with Crippen LogP contribution in [0.3, 0.4) is 0 Å². The van der Waals surface area contributed by atoms with Crippen molar-refractivity contribution in [1.29, 1.82) is 0 Å². The minimum atomic E-state index is -0.941. The number of fused-ring (bicyclic) bond motifs is 3. The first-order valence-corrected chi connectivity index (χ1v) is 11.6. The van der Waals surface area contributed by atoms with Gasteiger partial charge in [-0.05, 0) is 40.3 Å². The lowest BCUT2D eigenvalue weighted by molar-refractivity contribution is -0.156. The van der Waals surface area contributed by atoms with Crippen molar-refractivity contribution < 1.29 is 23.8 Å². The zero-order valence-electron chi connectivity index (χ0n) is 18.4. The Labute approximate surface area is 202 Å². The number of hydrogen-bond acceptors (Lipinski definition) is 5. The number of amides is 1. The summed E-state index contributed by atoms with van der Waals surface area (Å²) in [5, 5.41) is 3.30. The minimum Gasteiger partial charge on any atom is -0.458 e. The highest BCUT2D eigenvalue weighted by molar-refractivity contribution is 6.32. The van der Waals surface area contributed by atoms with Gasteiger partial charge in [-0.15, -0.1) is 0 Å². The summed E-state index contributed by atoms with van der Waals surface area (Å²) in [4.78, 5) is 25.4. The molecule has 1 fully saturated rings. The monoisotopic (exact) mass is 477 g/mol. The number of hydrogen-bond donors (Lipinski definition) is 1. The van der Waals surface area contributed by atoms with E-state index in [4.69, 9.17) is 25.8 Å². The summed E-state index contributed by atoms with van der Waals surface area (Å²) in [7, 11) is 0. The van der Waals surface area contributed by atoms with E-state index in [1.165, 1.54) is 0 Å². The molecule has 174 valence electrons. The number of benzene rings is 3. The Bertz CT molecular complexity index is 1160. The van der Waals surface area contributed by atoms with Crippen molar-refractivity contribution in [2.45, 2.75) is 24.7 Å². The normalized spacial score (nSPS) is 16.0. The molecule has 0 bridgehead atoms. The largest absolute Gasteiger partial charge is 0.458 e. The van der Waals surface area contributed by atoms with E-state index in [0.29, 0.717) is 24.7 Å². The molecule has 2 aliphatic rings. The topological polar surface area (TPSA) is 73.9 Å². The summed E-state index contributed by atoms with van der Waals surface area (Å²) in [6, 6.07) is 22.8. The molecule has 34 heavy (non-hydrogen) atoms. The number of rotatable bonds is 6. The van der Waals surface area contributed by atoms with Crippen LogP contribution in [0.1, 0.15) is 22.6 Å². The molecule has 5 rings (SSSR count). The van der Waals surface area contributed by atoms with Crippen LogP contribution in [0.25, 0.3) is 11.1 Å². The molecular formula is C27H24ClNO5. The Morgan fingerprint density at radius 3 is 2.15 bits per heavy atom. The fraction of sp³-hybridized carbons (Fsp3) is 0.259. The van der Waals surface area contributed by atoms with Crippen LogP contribution in [0, 0.1) is 0 Å². The predicted octanol–water partition coefficient (Wildman–Crippen LogP) is 4.10. The second kappa shape index (κ2) is 9.97. The smallest absolute Gasteiger partial charge is 0.396 e. The highest BCUT2D eigenvalue weighted by Crippen LogP contribution is 2.44. The van der Waals surface area contributed by atoms with Crippen LogP contribution in [-0.2, 0) is 30.2 Å². The van der Waals surface area contributed by atoms with Gasteiger partial charge in [-0.1, -0.05) is 78.3 Å². The van der Waals surface area contributed by atoms with Crippen LogP contribution in [0.15, 0.2) is 72.8 Å². The first kappa shape index (κ1) is 22.6. The molecule has 0 saturated carbocycles. The Kier molecular flexibility index (Phi) is 6.63. The van der Waals surface area contributed by atoms with Gasteiger partial charge in [0.15, 0.2) is 6.29 Å². The van der Waals surface area contributed by atoms with Crippen LogP contribution < -0.4 is 5.32 Å². The van der Waals surface area contributed by atoms with E-state index in [1.807, 2.05) is 54.6 Å². The van der Waals surface area contributed by atoms with E-state index in [1.54, 1.807) is 6.07 Å². The van der Waals surface area contributed by atoms with E-state index >= 15 is 0 Å². The summed E-state index contributed by atoms with van der Waals surface area (Å²) in [6.07, 6.45) is -0.311. The van der Waals surface area contributed by atoms with Crippen LogP contribution in [0.5, 0.6) is 0 Å². The molecule has 7 heteroatoms. The molecule has 0 unspecified atom stereocenters. The molecule has 0 spiro atoms. The van der Waals surface area contributed by atoms with E-state index in [2.05, 4.69) is 17.4 Å².